The van der Waals surface area contributed by atoms with E-state index in [0.717, 1.165) is 37.6 Å². The number of carbonyl (C=O) groups excluding carboxylic acids is 1. The Bertz CT molecular complexity index is 640. The predicted molar refractivity (Wildman–Crippen MR) is 84.6 cm³/mol. The number of furan rings is 1. The first-order valence-electron chi connectivity index (χ1n) is 7.41. The standard InChI is InChI=1S/C17H20N2O3/c1-13-16(7-12-22-13)17(20)19-10-8-18(9-11-19)14-3-5-15(21-2)6-4-14/h3-7,12H,8-11H2,1-2H3. The number of methoxy groups -OCH3 is 1. The normalized spacial score (nSPS) is 15.0. The molecule has 0 radical (unpaired) electrons. The molecule has 0 saturated carbocycles. The topological polar surface area (TPSA) is 45.9 Å². The maximum absolute atomic E-state index is 12.4. The van der Waals surface area contributed by atoms with E-state index in [1.54, 1.807) is 19.4 Å². The van der Waals surface area contributed by atoms with Gasteiger partial charge in [-0.1, -0.05) is 0 Å². The number of ether oxygens (including phenoxy) is 1. The molecule has 2 aromatic rings. The third-order valence-corrected chi connectivity index (χ3v) is 4.09. The van der Waals surface area contributed by atoms with Crippen LogP contribution in [0.5, 0.6) is 5.75 Å². The molecule has 116 valence electrons. The highest BCUT2D eigenvalue weighted by atomic mass is 16.5. The molecule has 0 bridgehead atoms. The number of amides is 1. The van der Waals surface area contributed by atoms with Gasteiger partial charge in [-0.15, -0.1) is 0 Å². The van der Waals surface area contributed by atoms with Gasteiger partial charge in [0.2, 0.25) is 0 Å². The SMILES string of the molecule is COc1ccc(N2CCN(C(=O)c3ccoc3C)CC2)cc1. The molecular formula is C17H20N2O3. The van der Waals surface area contributed by atoms with Gasteiger partial charge in [-0.3, -0.25) is 4.79 Å². The third kappa shape index (κ3) is 2.79. The zero-order valence-electron chi connectivity index (χ0n) is 12.9. The van der Waals surface area contributed by atoms with E-state index in [2.05, 4.69) is 17.0 Å². The number of hydrogen-bond donors (Lipinski definition) is 0. The molecule has 1 aliphatic rings. The van der Waals surface area contributed by atoms with Crippen LogP contribution in [0.2, 0.25) is 0 Å². The number of carbonyl (C=O) groups is 1. The number of nitrogens with zero attached hydrogens (tertiary/aromatic N) is 2. The molecule has 2 heterocycles. The maximum atomic E-state index is 12.4. The Morgan fingerprint density at radius 2 is 1.77 bits per heavy atom. The van der Waals surface area contributed by atoms with Crippen LogP contribution in [0.3, 0.4) is 0 Å². The smallest absolute Gasteiger partial charge is 0.257 e. The number of anilines is 1. The van der Waals surface area contributed by atoms with Crippen molar-refractivity contribution >= 4 is 11.6 Å². The summed E-state index contributed by atoms with van der Waals surface area (Å²) in [5.41, 5.74) is 1.82. The Balaban J connectivity index is 1.62. The highest BCUT2D eigenvalue weighted by Crippen LogP contribution is 2.21. The molecule has 3 rings (SSSR count). The fourth-order valence-corrected chi connectivity index (χ4v) is 2.74. The summed E-state index contributed by atoms with van der Waals surface area (Å²) in [6.45, 7) is 4.91. The second kappa shape index (κ2) is 6.13. The Hall–Kier alpha value is -2.43. The molecule has 0 atom stereocenters. The summed E-state index contributed by atoms with van der Waals surface area (Å²) in [6, 6.07) is 9.77. The van der Waals surface area contributed by atoms with E-state index in [1.165, 1.54) is 0 Å². The lowest BCUT2D eigenvalue weighted by atomic mass is 10.2. The van der Waals surface area contributed by atoms with E-state index < -0.39 is 0 Å². The molecule has 1 amide bonds. The number of piperazine rings is 1. The van der Waals surface area contributed by atoms with Crippen LogP contribution in [0.15, 0.2) is 41.0 Å². The van der Waals surface area contributed by atoms with Crippen molar-refractivity contribution in [3.8, 4) is 5.75 Å². The van der Waals surface area contributed by atoms with Crippen molar-refractivity contribution in [3.63, 3.8) is 0 Å². The summed E-state index contributed by atoms with van der Waals surface area (Å²) in [4.78, 5) is 16.6. The summed E-state index contributed by atoms with van der Waals surface area (Å²) in [6.07, 6.45) is 1.57. The van der Waals surface area contributed by atoms with Crippen molar-refractivity contribution < 1.29 is 13.9 Å². The Morgan fingerprint density at radius 3 is 2.32 bits per heavy atom. The van der Waals surface area contributed by atoms with Crippen molar-refractivity contribution in [1.29, 1.82) is 0 Å². The van der Waals surface area contributed by atoms with Gasteiger partial charge in [0.05, 0.1) is 18.9 Å². The van der Waals surface area contributed by atoms with E-state index in [1.807, 2.05) is 24.0 Å². The molecular weight excluding hydrogens is 280 g/mol. The van der Waals surface area contributed by atoms with Gasteiger partial charge in [0.25, 0.3) is 5.91 Å². The molecule has 5 nitrogen and oxygen atoms in total. The van der Waals surface area contributed by atoms with Crippen LogP contribution < -0.4 is 9.64 Å². The van der Waals surface area contributed by atoms with E-state index in [4.69, 9.17) is 9.15 Å². The summed E-state index contributed by atoms with van der Waals surface area (Å²) in [5, 5.41) is 0. The lowest BCUT2D eigenvalue weighted by Gasteiger charge is -2.36. The molecule has 1 fully saturated rings. The van der Waals surface area contributed by atoms with Crippen LogP contribution in [0.4, 0.5) is 5.69 Å². The van der Waals surface area contributed by atoms with Crippen molar-refractivity contribution in [1.82, 2.24) is 4.90 Å². The number of rotatable bonds is 3. The van der Waals surface area contributed by atoms with Crippen LogP contribution in [-0.4, -0.2) is 44.1 Å². The molecule has 1 aromatic carbocycles. The van der Waals surface area contributed by atoms with Crippen molar-refractivity contribution in [2.45, 2.75) is 6.92 Å². The van der Waals surface area contributed by atoms with Crippen molar-refractivity contribution in [3.05, 3.63) is 47.9 Å². The zero-order valence-corrected chi connectivity index (χ0v) is 12.9. The molecule has 0 spiro atoms. The van der Waals surface area contributed by atoms with Crippen LogP contribution in [0.25, 0.3) is 0 Å². The minimum absolute atomic E-state index is 0.0561. The Kier molecular flexibility index (Phi) is 4.04. The molecule has 1 saturated heterocycles. The second-order valence-corrected chi connectivity index (χ2v) is 5.37. The van der Waals surface area contributed by atoms with Gasteiger partial charge >= 0.3 is 0 Å². The van der Waals surface area contributed by atoms with Crippen molar-refractivity contribution in [2.75, 3.05) is 38.2 Å². The first kappa shape index (κ1) is 14.5. The molecule has 0 aliphatic carbocycles. The minimum Gasteiger partial charge on any atom is -0.497 e. The van der Waals surface area contributed by atoms with Gasteiger partial charge in [0.1, 0.15) is 11.5 Å². The Labute approximate surface area is 130 Å². The molecule has 1 aromatic heterocycles. The van der Waals surface area contributed by atoms with Crippen LogP contribution in [0.1, 0.15) is 16.1 Å². The van der Waals surface area contributed by atoms with Crippen LogP contribution >= 0.6 is 0 Å². The molecule has 0 unspecified atom stereocenters. The summed E-state index contributed by atoms with van der Waals surface area (Å²) in [7, 11) is 1.66. The van der Waals surface area contributed by atoms with Gasteiger partial charge < -0.3 is 19.0 Å². The molecule has 1 aliphatic heterocycles. The van der Waals surface area contributed by atoms with Crippen LogP contribution in [-0.2, 0) is 0 Å². The minimum atomic E-state index is 0.0561. The van der Waals surface area contributed by atoms with E-state index in [9.17, 15) is 4.79 Å². The molecule has 5 heteroatoms. The highest BCUT2D eigenvalue weighted by molar-refractivity contribution is 5.95. The molecule has 22 heavy (non-hydrogen) atoms. The zero-order chi connectivity index (χ0) is 15.5. The van der Waals surface area contributed by atoms with E-state index in [-0.39, 0.29) is 5.91 Å². The van der Waals surface area contributed by atoms with E-state index in [0.29, 0.717) is 11.3 Å². The fourth-order valence-electron chi connectivity index (χ4n) is 2.74. The quantitative estimate of drug-likeness (QED) is 0.874. The van der Waals surface area contributed by atoms with Crippen LogP contribution in [0, 0.1) is 6.92 Å². The third-order valence-electron chi connectivity index (χ3n) is 4.09. The number of hydrogen-bond acceptors (Lipinski definition) is 4. The highest BCUT2D eigenvalue weighted by Gasteiger charge is 2.24. The maximum Gasteiger partial charge on any atom is 0.257 e. The van der Waals surface area contributed by atoms with Gasteiger partial charge in [0.15, 0.2) is 0 Å². The largest absolute Gasteiger partial charge is 0.497 e. The molecule has 0 N–H and O–H groups in total. The van der Waals surface area contributed by atoms with Gasteiger partial charge in [-0.25, -0.2) is 0 Å². The lowest BCUT2D eigenvalue weighted by Crippen LogP contribution is -2.48. The summed E-state index contributed by atoms with van der Waals surface area (Å²) >= 11 is 0. The average Bonchev–Trinajstić information content (AvgIpc) is 3.00. The first-order chi connectivity index (χ1) is 10.7. The summed E-state index contributed by atoms with van der Waals surface area (Å²) in [5.74, 6) is 1.59. The first-order valence-corrected chi connectivity index (χ1v) is 7.41. The monoisotopic (exact) mass is 300 g/mol. The number of aryl methyl sites for hydroxylation is 1. The van der Waals surface area contributed by atoms with Gasteiger partial charge in [0, 0.05) is 31.9 Å². The van der Waals surface area contributed by atoms with E-state index >= 15 is 0 Å². The van der Waals surface area contributed by atoms with Crippen molar-refractivity contribution in [2.24, 2.45) is 0 Å². The van der Waals surface area contributed by atoms with Gasteiger partial charge in [-0.2, -0.15) is 0 Å². The number of benzene rings is 1. The lowest BCUT2D eigenvalue weighted by molar-refractivity contribution is 0.0745. The van der Waals surface area contributed by atoms with Gasteiger partial charge in [-0.05, 0) is 37.3 Å². The predicted octanol–water partition coefficient (Wildman–Crippen LogP) is 2.56. The average molecular weight is 300 g/mol. The fraction of sp³-hybridized carbons (Fsp3) is 0.353. The Morgan fingerprint density at radius 1 is 1.09 bits per heavy atom. The summed E-state index contributed by atoms with van der Waals surface area (Å²) < 4.78 is 10.4. The second-order valence-electron chi connectivity index (χ2n) is 5.37.